The zero-order chi connectivity index (χ0) is 23.5. The van der Waals surface area contributed by atoms with E-state index in [1.54, 1.807) is 14.2 Å². The van der Waals surface area contributed by atoms with Crippen molar-refractivity contribution in [2.75, 3.05) is 20.7 Å². The second-order valence-corrected chi connectivity index (χ2v) is 9.71. The molecule has 0 bridgehead atoms. The first kappa shape index (κ1) is 23.8. The van der Waals surface area contributed by atoms with Crippen LogP contribution in [0.3, 0.4) is 0 Å². The standard InChI is InChI=1S/C25H30ClN3O3/c1-25(2,3)15-23(30)28(4)16-24(31)29-22(17-9-11-19(26)12-10-17)14-21(27-29)18-7-6-8-20(13-18)32-5/h6-13,22H,14-16H2,1-5H3/t22-/m1/s1. The summed E-state index contributed by atoms with van der Waals surface area (Å²) in [4.78, 5) is 27.3. The van der Waals surface area contributed by atoms with Gasteiger partial charge in [0.1, 0.15) is 12.3 Å². The van der Waals surface area contributed by atoms with Gasteiger partial charge < -0.3 is 9.64 Å². The first-order chi connectivity index (χ1) is 15.1. The summed E-state index contributed by atoms with van der Waals surface area (Å²) in [7, 11) is 3.28. The Bertz CT molecular complexity index is 1010. The van der Waals surface area contributed by atoms with Crippen molar-refractivity contribution in [3.63, 3.8) is 0 Å². The van der Waals surface area contributed by atoms with Crippen molar-refractivity contribution in [1.82, 2.24) is 9.91 Å². The highest BCUT2D eigenvalue weighted by Crippen LogP contribution is 2.34. The quantitative estimate of drug-likeness (QED) is 0.621. The molecule has 3 rings (SSSR count). The fourth-order valence-corrected chi connectivity index (χ4v) is 3.74. The number of ether oxygens (including phenoxy) is 1. The van der Waals surface area contributed by atoms with Gasteiger partial charge in [0.2, 0.25) is 5.91 Å². The van der Waals surface area contributed by atoms with Crippen molar-refractivity contribution in [2.24, 2.45) is 10.5 Å². The Hall–Kier alpha value is -2.86. The predicted molar refractivity (Wildman–Crippen MR) is 127 cm³/mol. The number of benzene rings is 2. The number of carbonyl (C=O) groups is 2. The van der Waals surface area contributed by atoms with Crippen molar-refractivity contribution in [3.05, 3.63) is 64.7 Å². The van der Waals surface area contributed by atoms with E-state index >= 15 is 0 Å². The number of halogens is 1. The Morgan fingerprint density at radius 1 is 1.19 bits per heavy atom. The lowest BCUT2D eigenvalue weighted by Crippen LogP contribution is -2.40. The van der Waals surface area contributed by atoms with Crippen LogP contribution >= 0.6 is 11.6 Å². The molecule has 0 saturated carbocycles. The van der Waals surface area contributed by atoms with Gasteiger partial charge in [0.15, 0.2) is 0 Å². The Kier molecular flexibility index (Phi) is 7.24. The molecule has 32 heavy (non-hydrogen) atoms. The van der Waals surface area contributed by atoms with Crippen LogP contribution in [-0.2, 0) is 9.59 Å². The summed E-state index contributed by atoms with van der Waals surface area (Å²) < 4.78 is 5.34. The van der Waals surface area contributed by atoms with Crippen LogP contribution in [-0.4, -0.2) is 48.1 Å². The molecular weight excluding hydrogens is 426 g/mol. The van der Waals surface area contributed by atoms with Crippen LogP contribution < -0.4 is 4.74 Å². The lowest BCUT2D eigenvalue weighted by atomic mass is 9.92. The molecule has 0 N–H and O–H groups in total. The van der Waals surface area contributed by atoms with E-state index in [1.807, 2.05) is 69.3 Å². The largest absolute Gasteiger partial charge is 0.497 e. The highest BCUT2D eigenvalue weighted by molar-refractivity contribution is 6.30. The average molecular weight is 456 g/mol. The number of hydrazone groups is 1. The van der Waals surface area contributed by atoms with Crippen molar-refractivity contribution in [3.8, 4) is 5.75 Å². The molecule has 170 valence electrons. The smallest absolute Gasteiger partial charge is 0.262 e. The zero-order valence-electron chi connectivity index (χ0n) is 19.3. The van der Waals surface area contributed by atoms with E-state index in [2.05, 4.69) is 5.10 Å². The van der Waals surface area contributed by atoms with Gasteiger partial charge in [-0.2, -0.15) is 5.10 Å². The number of nitrogens with zero attached hydrogens (tertiary/aromatic N) is 3. The number of likely N-dealkylation sites (N-methyl/N-ethyl adjacent to an activating group) is 1. The minimum atomic E-state index is -0.271. The van der Waals surface area contributed by atoms with Crippen molar-refractivity contribution in [2.45, 2.75) is 39.7 Å². The molecule has 0 spiro atoms. The summed E-state index contributed by atoms with van der Waals surface area (Å²) in [6.07, 6.45) is 0.927. The first-order valence-corrected chi connectivity index (χ1v) is 11.0. The van der Waals surface area contributed by atoms with Crippen LogP contribution in [0.15, 0.2) is 53.6 Å². The minimum Gasteiger partial charge on any atom is -0.497 e. The van der Waals surface area contributed by atoms with Crippen LogP contribution in [0.2, 0.25) is 5.02 Å². The monoisotopic (exact) mass is 455 g/mol. The topological polar surface area (TPSA) is 62.2 Å². The molecule has 0 aromatic heterocycles. The minimum absolute atomic E-state index is 0.0338. The molecule has 7 heteroatoms. The lowest BCUT2D eigenvalue weighted by molar-refractivity contribution is -0.141. The summed E-state index contributed by atoms with van der Waals surface area (Å²) in [5, 5.41) is 6.80. The van der Waals surface area contributed by atoms with Gasteiger partial charge in [0.25, 0.3) is 5.91 Å². The van der Waals surface area contributed by atoms with Crippen molar-refractivity contribution >= 4 is 29.1 Å². The maximum atomic E-state index is 13.3. The third-order valence-corrected chi connectivity index (χ3v) is 5.56. The molecule has 0 fully saturated rings. The average Bonchev–Trinajstić information content (AvgIpc) is 3.18. The van der Waals surface area contributed by atoms with Gasteiger partial charge in [0, 0.05) is 30.5 Å². The number of methoxy groups -OCH3 is 1. The van der Waals surface area contributed by atoms with Crippen LogP contribution in [0.25, 0.3) is 0 Å². The number of amides is 2. The summed E-state index contributed by atoms with van der Waals surface area (Å²) in [6.45, 7) is 5.97. The Labute approximate surface area is 194 Å². The lowest BCUT2D eigenvalue weighted by Gasteiger charge is -2.26. The highest BCUT2D eigenvalue weighted by Gasteiger charge is 2.34. The molecule has 6 nitrogen and oxygen atoms in total. The van der Waals surface area contributed by atoms with E-state index in [1.165, 1.54) is 9.91 Å². The SMILES string of the molecule is COc1cccc(C2=NN(C(=O)CN(C)C(=O)CC(C)(C)C)[C@@H](c3ccc(Cl)cc3)C2)c1. The van der Waals surface area contributed by atoms with Crippen LogP contribution in [0.1, 0.15) is 50.8 Å². The maximum absolute atomic E-state index is 13.3. The van der Waals surface area contributed by atoms with Crippen molar-refractivity contribution < 1.29 is 14.3 Å². The van der Waals surface area contributed by atoms with Crippen LogP contribution in [0.5, 0.6) is 5.75 Å². The molecule has 0 aliphatic carbocycles. The van der Waals surface area contributed by atoms with E-state index in [0.717, 1.165) is 22.6 Å². The molecule has 1 heterocycles. The van der Waals surface area contributed by atoms with Gasteiger partial charge in [-0.25, -0.2) is 5.01 Å². The fraction of sp³-hybridized carbons (Fsp3) is 0.400. The Morgan fingerprint density at radius 2 is 1.88 bits per heavy atom. The zero-order valence-corrected chi connectivity index (χ0v) is 20.0. The molecular formula is C25H30ClN3O3. The second kappa shape index (κ2) is 9.74. The van der Waals surface area contributed by atoms with E-state index in [-0.39, 0.29) is 29.8 Å². The normalized spacial score (nSPS) is 16.0. The number of rotatable bonds is 6. The molecule has 1 aliphatic rings. The molecule has 1 aliphatic heterocycles. The van der Waals surface area contributed by atoms with Crippen molar-refractivity contribution in [1.29, 1.82) is 0 Å². The van der Waals surface area contributed by atoms with Crippen LogP contribution in [0.4, 0.5) is 0 Å². The molecule has 2 aromatic carbocycles. The number of hydrogen-bond donors (Lipinski definition) is 0. The Balaban J connectivity index is 1.86. The molecule has 0 unspecified atom stereocenters. The van der Waals surface area contributed by atoms with Gasteiger partial charge in [-0.05, 0) is 35.2 Å². The fourth-order valence-electron chi connectivity index (χ4n) is 3.61. The number of hydrogen-bond acceptors (Lipinski definition) is 4. The van der Waals surface area contributed by atoms with Gasteiger partial charge in [-0.15, -0.1) is 0 Å². The molecule has 2 amide bonds. The molecule has 0 radical (unpaired) electrons. The third kappa shape index (κ3) is 5.88. The van der Waals surface area contributed by atoms with Crippen LogP contribution in [0, 0.1) is 5.41 Å². The second-order valence-electron chi connectivity index (χ2n) is 9.28. The summed E-state index contributed by atoms with van der Waals surface area (Å²) >= 11 is 6.06. The molecule has 0 saturated heterocycles. The Morgan fingerprint density at radius 3 is 2.50 bits per heavy atom. The predicted octanol–water partition coefficient (Wildman–Crippen LogP) is 4.92. The summed E-state index contributed by atoms with van der Waals surface area (Å²) in [6, 6.07) is 14.8. The van der Waals surface area contributed by atoms with E-state index in [4.69, 9.17) is 16.3 Å². The van der Waals surface area contributed by atoms with Gasteiger partial charge >= 0.3 is 0 Å². The highest BCUT2D eigenvalue weighted by atomic mass is 35.5. The molecule has 2 aromatic rings. The van der Waals surface area contributed by atoms with E-state index < -0.39 is 0 Å². The van der Waals surface area contributed by atoms with Gasteiger partial charge in [0.05, 0.1) is 18.9 Å². The number of carbonyl (C=O) groups excluding carboxylic acids is 2. The third-order valence-electron chi connectivity index (χ3n) is 5.30. The summed E-state index contributed by atoms with van der Waals surface area (Å²) in [5.41, 5.74) is 2.48. The van der Waals surface area contributed by atoms with Gasteiger partial charge in [-0.3, -0.25) is 9.59 Å². The maximum Gasteiger partial charge on any atom is 0.262 e. The van der Waals surface area contributed by atoms with E-state index in [9.17, 15) is 9.59 Å². The summed E-state index contributed by atoms with van der Waals surface area (Å²) in [5.74, 6) is 0.434. The van der Waals surface area contributed by atoms with Gasteiger partial charge in [-0.1, -0.05) is 56.6 Å². The first-order valence-electron chi connectivity index (χ1n) is 10.6. The van der Waals surface area contributed by atoms with E-state index in [0.29, 0.717) is 17.9 Å². The molecule has 1 atom stereocenters.